The zero-order chi connectivity index (χ0) is 18.4. The molecule has 138 valence electrons. The summed E-state index contributed by atoms with van der Waals surface area (Å²) in [6.45, 7) is 4.08. The fourth-order valence-corrected chi connectivity index (χ4v) is 3.01. The first-order valence-corrected chi connectivity index (χ1v) is 8.88. The number of pyridine rings is 1. The van der Waals surface area contributed by atoms with Crippen LogP contribution in [-0.2, 0) is 11.4 Å². The number of methoxy groups -OCH3 is 1. The molecule has 2 aromatic rings. The molecule has 2 N–H and O–H groups in total. The molecule has 1 fully saturated rings. The first kappa shape index (κ1) is 18.2. The lowest BCUT2D eigenvalue weighted by molar-refractivity contribution is -0.125. The van der Waals surface area contributed by atoms with Crippen molar-refractivity contribution in [2.45, 2.75) is 26.0 Å². The van der Waals surface area contributed by atoms with Crippen LogP contribution in [0.1, 0.15) is 30.5 Å². The Morgan fingerprint density at radius 1 is 1.31 bits per heavy atom. The first-order chi connectivity index (χ1) is 12.7. The Morgan fingerprint density at radius 3 is 2.81 bits per heavy atom. The Labute approximate surface area is 153 Å². The van der Waals surface area contributed by atoms with Crippen LogP contribution < -0.4 is 20.1 Å². The van der Waals surface area contributed by atoms with E-state index in [4.69, 9.17) is 9.47 Å². The normalized spacial score (nSPS) is 17.5. The molecule has 6 nitrogen and oxygen atoms in total. The van der Waals surface area contributed by atoms with Crippen molar-refractivity contribution < 1.29 is 14.3 Å². The summed E-state index contributed by atoms with van der Waals surface area (Å²) in [6, 6.07) is 9.50. The van der Waals surface area contributed by atoms with Crippen molar-refractivity contribution in [1.82, 2.24) is 15.6 Å². The number of carbonyl (C=O) groups excluding carboxylic acids is 1. The molecule has 0 saturated carbocycles. The maximum atomic E-state index is 12.3. The van der Waals surface area contributed by atoms with Gasteiger partial charge in [-0.25, -0.2) is 0 Å². The third-order valence-electron chi connectivity index (χ3n) is 4.62. The Morgan fingerprint density at radius 2 is 2.12 bits per heavy atom. The molecule has 1 aromatic carbocycles. The molecule has 1 aromatic heterocycles. The number of carbonyl (C=O) groups is 1. The topological polar surface area (TPSA) is 72.5 Å². The van der Waals surface area contributed by atoms with Crippen LogP contribution in [0.5, 0.6) is 11.5 Å². The highest BCUT2D eigenvalue weighted by atomic mass is 16.5. The van der Waals surface area contributed by atoms with E-state index < -0.39 is 0 Å². The van der Waals surface area contributed by atoms with E-state index in [-0.39, 0.29) is 17.9 Å². The summed E-state index contributed by atoms with van der Waals surface area (Å²) in [5, 5.41) is 6.30. The second-order valence-corrected chi connectivity index (χ2v) is 6.47. The summed E-state index contributed by atoms with van der Waals surface area (Å²) in [6.07, 6.45) is 4.37. The molecule has 0 aliphatic carbocycles. The molecule has 0 spiro atoms. The van der Waals surface area contributed by atoms with Crippen LogP contribution in [0.2, 0.25) is 0 Å². The smallest absolute Gasteiger partial charge is 0.224 e. The number of hydrogen-bond acceptors (Lipinski definition) is 5. The molecule has 3 rings (SSSR count). The van der Waals surface area contributed by atoms with Crippen molar-refractivity contribution in [1.29, 1.82) is 0 Å². The highest BCUT2D eigenvalue weighted by molar-refractivity contribution is 5.79. The standard InChI is InChI=1S/C20H25N3O3/c1-14(23-20(24)17-7-10-22-12-17)16-3-4-18(19(11-16)25-2)26-13-15-5-8-21-9-6-15/h3-6,8-9,11,14,17,22H,7,10,12-13H2,1-2H3,(H,23,24). The van der Waals surface area contributed by atoms with Gasteiger partial charge in [-0.15, -0.1) is 0 Å². The molecule has 1 amide bonds. The van der Waals surface area contributed by atoms with Crippen molar-refractivity contribution in [2.75, 3.05) is 20.2 Å². The van der Waals surface area contributed by atoms with E-state index >= 15 is 0 Å². The number of rotatable bonds is 7. The molecule has 1 aliphatic heterocycles. The molecule has 0 radical (unpaired) electrons. The van der Waals surface area contributed by atoms with Gasteiger partial charge in [-0.05, 0) is 55.3 Å². The highest BCUT2D eigenvalue weighted by Gasteiger charge is 2.24. The van der Waals surface area contributed by atoms with Crippen LogP contribution >= 0.6 is 0 Å². The Hall–Kier alpha value is -2.60. The van der Waals surface area contributed by atoms with Crippen molar-refractivity contribution in [3.05, 3.63) is 53.9 Å². The number of benzene rings is 1. The second-order valence-electron chi connectivity index (χ2n) is 6.47. The molecule has 1 aliphatic rings. The fourth-order valence-electron chi connectivity index (χ4n) is 3.01. The van der Waals surface area contributed by atoms with Crippen molar-refractivity contribution in [3.8, 4) is 11.5 Å². The quantitative estimate of drug-likeness (QED) is 0.798. The lowest BCUT2D eigenvalue weighted by Gasteiger charge is -2.19. The molecule has 2 unspecified atom stereocenters. The molecule has 1 saturated heterocycles. The van der Waals surface area contributed by atoms with Crippen LogP contribution in [0.25, 0.3) is 0 Å². The van der Waals surface area contributed by atoms with E-state index in [1.54, 1.807) is 19.5 Å². The third-order valence-corrected chi connectivity index (χ3v) is 4.62. The van der Waals surface area contributed by atoms with E-state index in [0.717, 1.165) is 30.6 Å². The van der Waals surface area contributed by atoms with Crippen molar-refractivity contribution in [2.24, 2.45) is 5.92 Å². The van der Waals surface area contributed by atoms with Crippen molar-refractivity contribution in [3.63, 3.8) is 0 Å². The molecule has 2 atom stereocenters. The van der Waals surface area contributed by atoms with E-state index in [1.165, 1.54) is 0 Å². The molecule has 6 heteroatoms. The SMILES string of the molecule is COc1cc(C(C)NC(=O)C2CCNC2)ccc1OCc1ccncc1. The van der Waals surface area contributed by atoms with Gasteiger partial charge in [0.15, 0.2) is 11.5 Å². The number of amides is 1. The number of hydrogen-bond donors (Lipinski definition) is 2. The zero-order valence-electron chi connectivity index (χ0n) is 15.2. The van der Waals surface area contributed by atoms with Crippen LogP contribution in [0, 0.1) is 5.92 Å². The van der Waals surface area contributed by atoms with Crippen LogP contribution in [0.4, 0.5) is 0 Å². The number of ether oxygens (including phenoxy) is 2. The van der Waals surface area contributed by atoms with Gasteiger partial charge in [0.2, 0.25) is 5.91 Å². The Bertz CT molecular complexity index is 730. The van der Waals surface area contributed by atoms with Gasteiger partial charge in [-0.1, -0.05) is 6.07 Å². The number of nitrogens with one attached hydrogen (secondary N) is 2. The summed E-state index contributed by atoms with van der Waals surface area (Å²) in [7, 11) is 1.62. The van der Waals surface area contributed by atoms with Gasteiger partial charge in [0.1, 0.15) is 6.61 Å². The van der Waals surface area contributed by atoms with Gasteiger partial charge >= 0.3 is 0 Å². The molecule has 26 heavy (non-hydrogen) atoms. The first-order valence-electron chi connectivity index (χ1n) is 8.88. The third kappa shape index (κ3) is 4.52. The summed E-state index contributed by atoms with van der Waals surface area (Å²) < 4.78 is 11.3. The van der Waals surface area contributed by atoms with E-state index in [0.29, 0.717) is 18.1 Å². The average Bonchev–Trinajstić information content (AvgIpc) is 3.22. The van der Waals surface area contributed by atoms with Gasteiger partial charge in [-0.3, -0.25) is 9.78 Å². The van der Waals surface area contributed by atoms with Gasteiger partial charge in [-0.2, -0.15) is 0 Å². The second kappa shape index (κ2) is 8.67. The van der Waals surface area contributed by atoms with E-state index in [1.807, 2.05) is 37.3 Å². The van der Waals surface area contributed by atoms with Gasteiger partial charge in [0.05, 0.1) is 19.1 Å². The molecular weight excluding hydrogens is 330 g/mol. The van der Waals surface area contributed by atoms with Gasteiger partial charge in [0, 0.05) is 18.9 Å². The lowest BCUT2D eigenvalue weighted by atomic mass is 10.0. The summed E-state index contributed by atoms with van der Waals surface area (Å²) in [4.78, 5) is 16.3. The van der Waals surface area contributed by atoms with Crippen LogP contribution in [0.3, 0.4) is 0 Å². The predicted octanol–water partition coefficient (Wildman–Crippen LogP) is 2.46. The maximum Gasteiger partial charge on any atom is 0.224 e. The average molecular weight is 355 g/mol. The Balaban J connectivity index is 1.64. The minimum Gasteiger partial charge on any atom is -0.493 e. The summed E-state index contributed by atoms with van der Waals surface area (Å²) in [5.41, 5.74) is 2.02. The molecule has 2 heterocycles. The predicted molar refractivity (Wildman–Crippen MR) is 99.1 cm³/mol. The van der Waals surface area contributed by atoms with E-state index in [2.05, 4.69) is 15.6 Å². The largest absolute Gasteiger partial charge is 0.493 e. The van der Waals surface area contributed by atoms with Gasteiger partial charge in [0.25, 0.3) is 0 Å². The van der Waals surface area contributed by atoms with Crippen molar-refractivity contribution >= 4 is 5.91 Å². The maximum absolute atomic E-state index is 12.3. The van der Waals surface area contributed by atoms with Gasteiger partial charge < -0.3 is 20.1 Å². The van der Waals surface area contributed by atoms with E-state index in [9.17, 15) is 4.79 Å². The van der Waals surface area contributed by atoms with Crippen LogP contribution in [0.15, 0.2) is 42.7 Å². The monoisotopic (exact) mass is 355 g/mol. The number of aromatic nitrogens is 1. The zero-order valence-corrected chi connectivity index (χ0v) is 15.2. The lowest BCUT2D eigenvalue weighted by Crippen LogP contribution is -2.33. The molecular formula is C20H25N3O3. The fraction of sp³-hybridized carbons (Fsp3) is 0.400. The minimum absolute atomic E-state index is 0.0577. The molecule has 0 bridgehead atoms. The number of nitrogens with zero attached hydrogens (tertiary/aromatic N) is 1. The Kier molecular flexibility index (Phi) is 6.07. The minimum atomic E-state index is -0.0914. The van der Waals surface area contributed by atoms with Crippen LogP contribution in [-0.4, -0.2) is 31.1 Å². The summed E-state index contributed by atoms with van der Waals surface area (Å²) >= 11 is 0. The highest BCUT2D eigenvalue weighted by Crippen LogP contribution is 2.31. The summed E-state index contributed by atoms with van der Waals surface area (Å²) in [5.74, 6) is 1.48.